The van der Waals surface area contributed by atoms with Crippen LogP contribution in [0.15, 0.2) is 75.4 Å². The van der Waals surface area contributed by atoms with E-state index in [0.29, 0.717) is 12.3 Å². The second-order valence-electron chi connectivity index (χ2n) is 9.98. The van der Waals surface area contributed by atoms with Crippen molar-refractivity contribution in [3.63, 3.8) is 0 Å². The minimum Gasteiger partial charge on any atom is -0.481 e. The molecule has 1 aliphatic carbocycles. The van der Waals surface area contributed by atoms with Crippen molar-refractivity contribution in [1.82, 2.24) is 10.3 Å². The number of ether oxygens (including phenoxy) is 1. The highest BCUT2D eigenvalue weighted by Gasteiger charge is 2.53. The predicted molar refractivity (Wildman–Crippen MR) is 128 cm³/mol. The van der Waals surface area contributed by atoms with Gasteiger partial charge in [-0.05, 0) is 54.0 Å². The van der Waals surface area contributed by atoms with Crippen LogP contribution in [0, 0.1) is 5.41 Å². The first kappa shape index (κ1) is 21.6. The van der Waals surface area contributed by atoms with Gasteiger partial charge in [-0.15, -0.1) is 0 Å². The number of carbonyl (C=O) groups excluding carboxylic acids is 1. The monoisotopic (exact) mass is 442 g/mol. The van der Waals surface area contributed by atoms with Gasteiger partial charge in [0, 0.05) is 35.5 Å². The zero-order valence-electron chi connectivity index (χ0n) is 19.9. The number of benzene rings is 1. The Balaban J connectivity index is 1.75. The average Bonchev–Trinajstić information content (AvgIpc) is 3.17. The number of ketones is 1. The van der Waals surface area contributed by atoms with Crippen LogP contribution < -0.4 is 10.1 Å². The number of hydrogen-bond donors (Lipinski definition) is 1. The average molecular weight is 443 g/mol. The second kappa shape index (κ2) is 7.65. The Morgan fingerprint density at radius 1 is 1.15 bits per heavy atom. The van der Waals surface area contributed by atoms with Crippen LogP contribution in [-0.2, 0) is 10.2 Å². The Labute approximate surface area is 194 Å². The molecular formula is C27H30N4O2. The van der Waals surface area contributed by atoms with Gasteiger partial charge in [-0.2, -0.15) is 10.2 Å². The fraction of sp³-hybridized carbons (Fsp3) is 0.407. The number of methoxy groups -OCH3 is 1. The smallest absolute Gasteiger partial charge is 0.213 e. The molecule has 2 aromatic rings. The molecule has 1 N–H and O–H groups in total. The van der Waals surface area contributed by atoms with Crippen LogP contribution in [0.2, 0.25) is 0 Å². The van der Waals surface area contributed by atoms with Gasteiger partial charge in [-0.3, -0.25) is 4.79 Å². The largest absolute Gasteiger partial charge is 0.481 e. The molecule has 5 rings (SSSR count). The molecule has 0 spiro atoms. The van der Waals surface area contributed by atoms with E-state index in [0.717, 1.165) is 52.1 Å². The van der Waals surface area contributed by atoms with Crippen LogP contribution in [-0.4, -0.2) is 24.0 Å². The maximum absolute atomic E-state index is 13.7. The number of Topliss-reactive ketones (excluding diaryl/α,β-unsaturated/α-hetero) is 1. The van der Waals surface area contributed by atoms with E-state index >= 15 is 0 Å². The minimum absolute atomic E-state index is 0.0795. The number of fused-ring (bicyclic) bond motifs is 1. The quantitative estimate of drug-likeness (QED) is 0.657. The van der Waals surface area contributed by atoms with Crippen LogP contribution in [0.4, 0.5) is 0 Å². The van der Waals surface area contributed by atoms with Crippen LogP contribution in [0.25, 0.3) is 11.1 Å². The van der Waals surface area contributed by atoms with Crippen LogP contribution in [0.1, 0.15) is 52.5 Å². The highest BCUT2D eigenvalue weighted by Crippen LogP contribution is 2.55. The normalized spacial score (nSPS) is 25.6. The first-order valence-electron chi connectivity index (χ1n) is 11.6. The highest BCUT2D eigenvalue weighted by molar-refractivity contribution is 6.01. The standard InChI is InChI=1S/C27H30N4O2/c1-6-27(19-9-7-8-17(12-19)18-10-11-28-22(13-18)33-5)23-16(2)30-31-25(23)29-20-14-26(3,4)15-21(32)24(20)27/h7-13,25,29H,6,14-15H2,1-5H3/t25?,27-/m1/s1. The summed E-state index contributed by atoms with van der Waals surface area (Å²) in [6.07, 6.45) is 3.66. The van der Waals surface area contributed by atoms with Gasteiger partial charge in [0.2, 0.25) is 5.88 Å². The third-order valence-electron chi connectivity index (χ3n) is 7.22. The van der Waals surface area contributed by atoms with E-state index in [9.17, 15) is 4.79 Å². The number of allylic oxidation sites excluding steroid dienone is 3. The summed E-state index contributed by atoms with van der Waals surface area (Å²) in [6, 6.07) is 12.4. The van der Waals surface area contributed by atoms with E-state index in [4.69, 9.17) is 4.74 Å². The maximum Gasteiger partial charge on any atom is 0.213 e. The number of azo groups is 1. The van der Waals surface area contributed by atoms with Crippen molar-refractivity contribution < 1.29 is 9.53 Å². The summed E-state index contributed by atoms with van der Waals surface area (Å²) < 4.78 is 5.34. The Morgan fingerprint density at radius 2 is 1.94 bits per heavy atom. The van der Waals surface area contributed by atoms with Crippen molar-refractivity contribution >= 4 is 5.78 Å². The molecule has 2 atom stereocenters. The van der Waals surface area contributed by atoms with Gasteiger partial charge in [0.05, 0.1) is 18.2 Å². The van der Waals surface area contributed by atoms with Gasteiger partial charge < -0.3 is 10.1 Å². The van der Waals surface area contributed by atoms with E-state index in [2.05, 4.69) is 65.6 Å². The Hall–Kier alpha value is -3.28. The number of nitrogens with one attached hydrogen (secondary N) is 1. The molecule has 0 saturated carbocycles. The SMILES string of the molecule is CC[C@]1(c2cccc(-c3ccnc(OC)c3)c2)C2=C(CC(C)(C)CC2=O)NC2N=NC(C)=C21. The number of nitrogens with zero attached hydrogens (tertiary/aromatic N) is 3. The Bertz CT molecular complexity index is 1240. The molecular weight excluding hydrogens is 412 g/mol. The Kier molecular flexibility index (Phi) is 5.00. The summed E-state index contributed by atoms with van der Waals surface area (Å²) in [6.45, 7) is 8.49. The molecule has 170 valence electrons. The molecule has 0 saturated heterocycles. The molecule has 1 aromatic heterocycles. The molecule has 1 aromatic carbocycles. The van der Waals surface area contributed by atoms with Crippen molar-refractivity contribution in [3.05, 3.63) is 70.7 Å². The summed E-state index contributed by atoms with van der Waals surface area (Å²) >= 11 is 0. The molecule has 33 heavy (non-hydrogen) atoms. The molecule has 0 radical (unpaired) electrons. The minimum atomic E-state index is -0.556. The van der Waals surface area contributed by atoms with Crippen LogP contribution in [0.5, 0.6) is 5.88 Å². The number of hydrogen-bond acceptors (Lipinski definition) is 6. The molecule has 6 nitrogen and oxygen atoms in total. The zero-order chi connectivity index (χ0) is 23.4. The number of aromatic nitrogens is 1. The molecule has 3 aliphatic rings. The van der Waals surface area contributed by atoms with Crippen LogP contribution in [0.3, 0.4) is 0 Å². The number of rotatable bonds is 4. The van der Waals surface area contributed by atoms with E-state index < -0.39 is 5.41 Å². The summed E-state index contributed by atoms with van der Waals surface area (Å²) in [5.41, 5.74) is 6.47. The van der Waals surface area contributed by atoms with E-state index in [-0.39, 0.29) is 17.4 Å². The summed E-state index contributed by atoms with van der Waals surface area (Å²) in [4.78, 5) is 18.0. The van der Waals surface area contributed by atoms with Crippen molar-refractivity contribution in [3.8, 4) is 17.0 Å². The number of carbonyl (C=O) groups is 1. The lowest BCUT2D eigenvalue weighted by Crippen LogP contribution is -2.51. The fourth-order valence-corrected chi connectivity index (χ4v) is 5.87. The first-order valence-corrected chi connectivity index (χ1v) is 11.6. The predicted octanol–water partition coefficient (Wildman–Crippen LogP) is 5.72. The van der Waals surface area contributed by atoms with Crippen molar-refractivity contribution in [1.29, 1.82) is 0 Å². The lowest BCUT2D eigenvalue weighted by molar-refractivity contribution is -0.119. The topological polar surface area (TPSA) is 75.9 Å². The molecule has 0 fully saturated rings. The number of pyridine rings is 1. The second-order valence-corrected chi connectivity index (χ2v) is 9.98. The lowest BCUT2D eigenvalue weighted by atomic mass is 9.58. The van der Waals surface area contributed by atoms with Crippen molar-refractivity contribution in [2.45, 2.75) is 58.5 Å². The van der Waals surface area contributed by atoms with Gasteiger partial charge in [0.15, 0.2) is 11.9 Å². The Morgan fingerprint density at radius 3 is 2.70 bits per heavy atom. The third kappa shape index (κ3) is 3.31. The van der Waals surface area contributed by atoms with Crippen LogP contribution >= 0.6 is 0 Å². The maximum atomic E-state index is 13.7. The van der Waals surface area contributed by atoms with E-state index in [1.165, 1.54) is 0 Å². The van der Waals surface area contributed by atoms with E-state index in [1.54, 1.807) is 13.3 Å². The molecule has 0 amide bonds. The summed E-state index contributed by atoms with van der Waals surface area (Å²) in [5, 5.41) is 12.6. The van der Waals surface area contributed by atoms with Crippen molar-refractivity contribution in [2.24, 2.45) is 15.6 Å². The zero-order valence-corrected chi connectivity index (χ0v) is 19.9. The van der Waals surface area contributed by atoms with Gasteiger partial charge in [0.1, 0.15) is 0 Å². The fourth-order valence-electron chi connectivity index (χ4n) is 5.87. The lowest BCUT2D eigenvalue weighted by Gasteiger charge is -2.48. The van der Waals surface area contributed by atoms with Gasteiger partial charge >= 0.3 is 0 Å². The first-order chi connectivity index (χ1) is 15.8. The summed E-state index contributed by atoms with van der Waals surface area (Å²) in [7, 11) is 1.62. The van der Waals surface area contributed by atoms with Gasteiger partial charge in [-0.25, -0.2) is 4.98 Å². The molecule has 0 bridgehead atoms. The molecule has 2 aliphatic heterocycles. The third-order valence-corrected chi connectivity index (χ3v) is 7.22. The van der Waals surface area contributed by atoms with Crippen molar-refractivity contribution in [2.75, 3.05) is 7.11 Å². The molecule has 1 unspecified atom stereocenters. The molecule has 6 heteroatoms. The summed E-state index contributed by atoms with van der Waals surface area (Å²) in [5.74, 6) is 0.795. The van der Waals surface area contributed by atoms with Gasteiger partial charge in [-0.1, -0.05) is 39.0 Å². The molecule has 3 heterocycles. The van der Waals surface area contributed by atoms with Gasteiger partial charge in [0.25, 0.3) is 0 Å². The van der Waals surface area contributed by atoms with E-state index in [1.807, 2.05) is 19.1 Å². The highest BCUT2D eigenvalue weighted by atomic mass is 16.5.